The van der Waals surface area contributed by atoms with Gasteiger partial charge in [0.2, 0.25) is 0 Å². The van der Waals surface area contributed by atoms with Gasteiger partial charge in [-0.3, -0.25) is 0 Å². The van der Waals surface area contributed by atoms with Crippen molar-refractivity contribution in [2.75, 3.05) is 7.05 Å². The van der Waals surface area contributed by atoms with E-state index in [2.05, 4.69) is 16.9 Å². The van der Waals surface area contributed by atoms with Gasteiger partial charge in [0.05, 0.1) is 5.69 Å². The Balaban J connectivity index is 2.88. The minimum absolute atomic E-state index is 0.00736. The highest BCUT2D eigenvalue weighted by Crippen LogP contribution is 2.06. The van der Waals surface area contributed by atoms with Gasteiger partial charge < -0.3 is 10.4 Å². The van der Waals surface area contributed by atoms with E-state index >= 15 is 0 Å². The average Bonchev–Trinajstić information content (AvgIpc) is 2.05. The van der Waals surface area contributed by atoms with E-state index in [1.54, 1.807) is 6.07 Å². The van der Waals surface area contributed by atoms with Gasteiger partial charge in [0.15, 0.2) is 0 Å². The van der Waals surface area contributed by atoms with Crippen molar-refractivity contribution in [2.24, 2.45) is 0 Å². The summed E-state index contributed by atoms with van der Waals surface area (Å²) in [5.74, 6) is 0.00736. The third-order valence-electron chi connectivity index (χ3n) is 1.46. The van der Waals surface area contributed by atoms with Crippen LogP contribution in [0.2, 0.25) is 0 Å². The lowest BCUT2D eigenvalue weighted by atomic mass is 10.3. The first kappa shape index (κ1) is 8.74. The summed E-state index contributed by atoms with van der Waals surface area (Å²) in [6.07, 6.45) is 0. The zero-order valence-electron chi connectivity index (χ0n) is 7.04. The monoisotopic (exact) mass is 164 g/mol. The second kappa shape index (κ2) is 3.88. The minimum atomic E-state index is 0.00736. The van der Waals surface area contributed by atoms with E-state index in [1.807, 2.05) is 19.2 Å². The van der Waals surface area contributed by atoms with Crippen LogP contribution in [0.4, 0.5) is 0 Å². The van der Waals surface area contributed by atoms with Crippen molar-refractivity contribution in [1.29, 1.82) is 0 Å². The number of aliphatic hydroxyl groups excluding tert-OH is 1. The molecule has 0 aliphatic carbocycles. The van der Waals surface area contributed by atoms with Crippen molar-refractivity contribution in [3.05, 3.63) is 36.2 Å². The molecule has 3 heteroatoms. The van der Waals surface area contributed by atoms with Crippen molar-refractivity contribution < 1.29 is 5.11 Å². The minimum Gasteiger partial charge on any atom is -0.506 e. The van der Waals surface area contributed by atoms with E-state index in [0.29, 0.717) is 12.2 Å². The standard InChI is InChI=1S/C9H12N2O/c1-7(12)9-5-3-4-8(11-9)6-10-2/h3-5,10,12H,1,6H2,2H3. The van der Waals surface area contributed by atoms with Gasteiger partial charge >= 0.3 is 0 Å². The number of nitrogens with zero attached hydrogens (tertiary/aromatic N) is 1. The van der Waals surface area contributed by atoms with E-state index in [0.717, 1.165) is 5.69 Å². The molecule has 0 saturated carbocycles. The molecule has 1 aromatic rings. The third kappa shape index (κ3) is 2.07. The molecule has 64 valence electrons. The molecule has 1 heterocycles. The molecule has 0 atom stereocenters. The summed E-state index contributed by atoms with van der Waals surface area (Å²) in [5.41, 5.74) is 1.42. The van der Waals surface area contributed by atoms with Gasteiger partial charge in [0.1, 0.15) is 11.5 Å². The SMILES string of the molecule is C=C(O)c1cccc(CNC)n1. The maximum Gasteiger partial charge on any atom is 0.134 e. The maximum atomic E-state index is 9.04. The molecule has 3 nitrogen and oxygen atoms in total. The quantitative estimate of drug-likeness (QED) is 0.662. The number of hydrogen-bond acceptors (Lipinski definition) is 3. The molecular formula is C9H12N2O. The average molecular weight is 164 g/mol. The topological polar surface area (TPSA) is 45.1 Å². The van der Waals surface area contributed by atoms with Crippen LogP contribution in [-0.4, -0.2) is 17.1 Å². The summed E-state index contributed by atoms with van der Waals surface area (Å²) in [6, 6.07) is 5.46. The highest BCUT2D eigenvalue weighted by Gasteiger charge is 1.98. The first-order chi connectivity index (χ1) is 5.74. The molecule has 0 bridgehead atoms. The summed E-state index contributed by atoms with van der Waals surface area (Å²) < 4.78 is 0. The number of rotatable bonds is 3. The lowest BCUT2D eigenvalue weighted by Gasteiger charge is -2.01. The van der Waals surface area contributed by atoms with Crippen molar-refractivity contribution in [3.8, 4) is 0 Å². The second-order valence-corrected chi connectivity index (χ2v) is 2.49. The van der Waals surface area contributed by atoms with E-state index in [-0.39, 0.29) is 5.76 Å². The normalized spacial score (nSPS) is 9.75. The van der Waals surface area contributed by atoms with Crippen molar-refractivity contribution in [2.45, 2.75) is 6.54 Å². The second-order valence-electron chi connectivity index (χ2n) is 2.49. The molecule has 12 heavy (non-hydrogen) atoms. The highest BCUT2D eigenvalue weighted by molar-refractivity contribution is 5.51. The van der Waals surface area contributed by atoms with Gasteiger partial charge in [0.25, 0.3) is 0 Å². The van der Waals surface area contributed by atoms with E-state index in [4.69, 9.17) is 5.11 Å². The lowest BCUT2D eigenvalue weighted by molar-refractivity contribution is 0.510. The number of aromatic nitrogens is 1. The maximum absolute atomic E-state index is 9.04. The van der Waals surface area contributed by atoms with Crippen LogP contribution in [-0.2, 0) is 6.54 Å². The molecule has 2 N–H and O–H groups in total. The largest absolute Gasteiger partial charge is 0.506 e. The molecular weight excluding hydrogens is 152 g/mol. The summed E-state index contributed by atoms with van der Waals surface area (Å²) in [4.78, 5) is 4.15. The fourth-order valence-corrected chi connectivity index (χ4v) is 0.920. The van der Waals surface area contributed by atoms with Crippen LogP contribution in [0.5, 0.6) is 0 Å². The third-order valence-corrected chi connectivity index (χ3v) is 1.46. The van der Waals surface area contributed by atoms with Crippen molar-refractivity contribution in [3.63, 3.8) is 0 Å². The molecule has 0 aliphatic heterocycles. The zero-order chi connectivity index (χ0) is 8.97. The zero-order valence-corrected chi connectivity index (χ0v) is 7.04. The Morgan fingerprint density at radius 1 is 1.67 bits per heavy atom. The summed E-state index contributed by atoms with van der Waals surface area (Å²) in [6.45, 7) is 4.09. The Labute approximate surface area is 71.8 Å². The van der Waals surface area contributed by atoms with Crippen LogP contribution in [0.25, 0.3) is 5.76 Å². The fraction of sp³-hybridized carbons (Fsp3) is 0.222. The van der Waals surface area contributed by atoms with Gasteiger partial charge in [-0.1, -0.05) is 12.6 Å². The summed E-state index contributed by atoms with van der Waals surface area (Å²) in [5, 5.41) is 12.0. The molecule has 1 aromatic heterocycles. The van der Waals surface area contributed by atoms with Gasteiger partial charge in [0, 0.05) is 6.54 Å². The van der Waals surface area contributed by atoms with E-state index < -0.39 is 0 Å². The van der Waals surface area contributed by atoms with E-state index in [1.165, 1.54) is 0 Å². The van der Waals surface area contributed by atoms with E-state index in [9.17, 15) is 0 Å². The number of nitrogens with one attached hydrogen (secondary N) is 1. The Kier molecular flexibility index (Phi) is 2.82. The van der Waals surface area contributed by atoms with Crippen molar-refractivity contribution in [1.82, 2.24) is 10.3 Å². The molecule has 0 radical (unpaired) electrons. The molecule has 0 fully saturated rings. The molecule has 0 amide bonds. The number of pyridine rings is 1. The Morgan fingerprint density at radius 3 is 3.00 bits per heavy atom. The molecule has 0 aromatic carbocycles. The predicted molar refractivity (Wildman–Crippen MR) is 48.7 cm³/mol. The molecule has 1 rings (SSSR count). The highest BCUT2D eigenvalue weighted by atomic mass is 16.3. The van der Waals surface area contributed by atoms with Crippen LogP contribution in [0.3, 0.4) is 0 Å². The first-order valence-electron chi connectivity index (χ1n) is 3.73. The summed E-state index contributed by atoms with van der Waals surface area (Å²) >= 11 is 0. The van der Waals surface area contributed by atoms with Crippen LogP contribution >= 0.6 is 0 Å². The Morgan fingerprint density at radius 2 is 2.42 bits per heavy atom. The predicted octanol–water partition coefficient (Wildman–Crippen LogP) is 1.33. The molecule has 0 spiro atoms. The smallest absolute Gasteiger partial charge is 0.134 e. The van der Waals surface area contributed by atoms with Gasteiger partial charge in [-0.2, -0.15) is 0 Å². The first-order valence-corrected chi connectivity index (χ1v) is 3.73. The van der Waals surface area contributed by atoms with Crippen molar-refractivity contribution >= 4 is 5.76 Å². The van der Waals surface area contributed by atoms with Crippen LogP contribution in [0.15, 0.2) is 24.8 Å². The van der Waals surface area contributed by atoms with Gasteiger partial charge in [-0.15, -0.1) is 0 Å². The Bertz CT molecular complexity index is 284. The fourth-order valence-electron chi connectivity index (χ4n) is 0.920. The number of hydrogen-bond donors (Lipinski definition) is 2. The van der Waals surface area contributed by atoms with Gasteiger partial charge in [-0.25, -0.2) is 4.98 Å². The molecule has 0 saturated heterocycles. The Hall–Kier alpha value is -1.35. The number of aliphatic hydroxyl groups is 1. The van der Waals surface area contributed by atoms with Crippen LogP contribution < -0.4 is 5.32 Å². The summed E-state index contributed by atoms with van der Waals surface area (Å²) in [7, 11) is 1.85. The molecule has 0 aliphatic rings. The van der Waals surface area contributed by atoms with Gasteiger partial charge in [-0.05, 0) is 19.2 Å². The molecule has 0 unspecified atom stereocenters. The van der Waals surface area contributed by atoms with Crippen LogP contribution in [0, 0.1) is 0 Å². The van der Waals surface area contributed by atoms with Crippen LogP contribution in [0.1, 0.15) is 11.4 Å². The lowest BCUT2D eigenvalue weighted by Crippen LogP contribution is -2.07.